The van der Waals surface area contributed by atoms with E-state index in [2.05, 4.69) is 106 Å². The van der Waals surface area contributed by atoms with Gasteiger partial charge in [-0.1, -0.05) is 79.7 Å². The second-order valence-corrected chi connectivity index (χ2v) is 9.80. The molecule has 0 radical (unpaired) electrons. The van der Waals surface area contributed by atoms with Gasteiger partial charge in [0, 0.05) is 50.7 Å². The van der Waals surface area contributed by atoms with Gasteiger partial charge in [0.15, 0.2) is 0 Å². The summed E-state index contributed by atoms with van der Waals surface area (Å²) in [5, 5.41) is 0. The second kappa shape index (κ2) is 12.2. The van der Waals surface area contributed by atoms with Gasteiger partial charge in [-0.15, -0.1) is 0 Å². The Morgan fingerprint density at radius 1 is 0.688 bits per heavy atom. The van der Waals surface area contributed by atoms with Crippen LogP contribution in [0.4, 0.5) is 0 Å². The highest BCUT2D eigenvalue weighted by molar-refractivity contribution is 7.97. The van der Waals surface area contributed by atoms with Gasteiger partial charge in [-0.05, 0) is 53.7 Å². The van der Waals surface area contributed by atoms with Crippen molar-refractivity contribution in [3.8, 4) is 0 Å². The fourth-order valence-electron chi connectivity index (χ4n) is 4.29. The third-order valence-corrected chi connectivity index (χ3v) is 6.93. The maximum absolute atomic E-state index is 2.60. The molecule has 0 aliphatic carbocycles. The lowest BCUT2D eigenvalue weighted by Crippen LogP contribution is -2.45. The molecule has 0 spiro atoms. The Balaban J connectivity index is 1.40. The van der Waals surface area contributed by atoms with E-state index < -0.39 is 0 Å². The van der Waals surface area contributed by atoms with Crippen LogP contribution >= 0.6 is 11.9 Å². The first kappa shape index (κ1) is 23.1. The van der Waals surface area contributed by atoms with E-state index in [9.17, 15) is 0 Å². The van der Waals surface area contributed by atoms with Gasteiger partial charge < -0.3 is 4.90 Å². The van der Waals surface area contributed by atoms with Crippen molar-refractivity contribution in [2.75, 3.05) is 32.7 Å². The topological polar surface area (TPSA) is 9.72 Å². The molecule has 1 aliphatic rings. The maximum atomic E-state index is 2.60. The first-order chi connectivity index (χ1) is 15.8. The largest absolute Gasteiger partial charge is 0.301 e. The number of hydrogen-bond donors (Lipinski definition) is 0. The number of benzene rings is 3. The molecule has 0 N–H and O–H groups in total. The molecule has 3 nitrogen and oxygen atoms in total. The van der Waals surface area contributed by atoms with Gasteiger partial charge in [-0.2, -0.15) is 0 Å². The van der Waals surface area contributed by atoms with Crippen LogP contribution in [0.15, 0.2) is 89.8 Å². The van der Waals surface area contributed by atoms with E-state index >= 15 is 0 Å². The van der Waals surface area contributed by atoms with E-state index in [1.165, 1.54) is 60.7 Å². The van der Waals surface area contributed by atoms with Crippen LogP contribution in [-0.2, 0) is 19.6 Å². The van der Waals surface area contributed by atoms with Crippen molar-refractivity contribution in [3.63, 3.8) is 0 Å². The maximum Gasteiger partial charge on any atom is 0.0347 e. The highest BCUT2D eigenvalue weighted by Gasteiger charge is 2.16. The molecule has 1 aliphatic heterocycles. The van der Waals surface area contributed by atoms with Crippen LogP contribution in [0.1, 0.15) is 30.0 Å². The summed E-state index contributed by atoms with van der Waals surface area (Å²) in [6, 6.07) is 30.7. The quantitative estimate of drug-likeness (QED) is 0.358. The SMILES string of the molecule is CCCN1CCN(Cc2cccc(SN(Cc3ccccc3)Cc3ccccc3)c2)CC1. The summed E-state index contributed by atoms with van der Waals surface area (Å²) in [6.45, 7) is 11.1. The minimum absolute atomic E-state index is 0.921. The highest BCUT2D eigenvalue weighted by Crippen LogP contribution is 2.28. The lowest BCUT2D eigenvalue weighted by molar-refractivity contribution is 0.127. The Hall–Kier alpha value is -2.11. The van der Waals surface area contributed by atoms with Crippen molar-refractivity contribution in [2.24, 2.45) is 0 Å². The van der Waals surface area contributed by atoms with Crippen LogP contribution in [0.25, 0.3) is 0 Å². The van der Waals surface area contributed by atoms with Gasteiger partial charge >= 0.3 is 0 Å². The predicted octanol–water partition coefficient (Wildman–Crippen LogP) is 5.92. The van der Waals surface area contributed by atoms with Crippen LogP contribution in [0.3, 0.4) is 0 Å². The van der Waals surface area contributed by atoms with Crippen LogP contribution in [0, 0.1) is 0 Å². The number of rotatable bonds is 10. The van der Waals surface area contributed by atoms with E-state index in [0.29, 0.717) is 0 Å². The standard InChI is InChI=1S/C28H35N3S/c1-2-16-29-17-19-30(20-18-29)22-27-14-9-15-28(21-27)32-31(23-25-10-5-3-6-11-25)24-26-12-7-4-8-13-26/h3-15,21H,2,16-20,22-24H2,1H3. The normalized spacial score (nSPS) is 15.3. The Morgan fingerprint density at radius 2 is 1.25 bits per heavy atom. The summed E-state index contributed by atoms with van der Waals surface area (Å²) in [7, 11) is 0. The average Bonchev–Trinajstić information content (AvgIpc) is 2.82. The molecular formula is C28H35N3S. The van der Waals surface area contributed by atoms with Gasteiger partial charge in [0.2, 0.25) is 0 Å². The van der Waals surface area contributed by atoms with Crippen molar-refractivity contribution < 1.29 is 0 Å². The van der Waals surface area contributed by atoms with Gasteiger partial charge in [0.1, 0.15) is 0 Å². The first-order valence-electron chi connectivity index (χ1n) is 11.8. The Bertz CT molecular complexity index is 882. The van der Waals surface area contributed by atoms with Crippen molar-refractivity contribution in [1.82, 2.24) is 14.1 Å². The summed E-state index contributed by atoms with van der Waals surface area (Å²) >= 11 is 1.87. The molecule has 168 valence electrons. The molecule has 1 saturated heterocycles. The minimum atomic E-state index is 0.921. The molecule has 4 heteroatoms. The third-order valence-electron chi connectivity index (χ3n) is 5.95. The lowest BCUT2D eigenvalue weighted by atomic mass is 10.2. The molecule has 0 bridgehead atoms. The summed E-state index contributed by atoms with van der Waals surface area (Å²) in [5.41, 5.74) is 4.10. The molecule has 3 aromatic carbocycles. The van der Waals surface area contributed by atoms with Crippen LogP contribution in [-0.4, -0.2) is 46.8 Å². The number of nitrogens with zero attached hydrogens (tertiary/aromatic N) is 3. The first-order valence-corrected chi connectivity index (χ1v) is 12.6. The Kier molecular flexibility index (Phi) is 8.80. The van der Waals surface area contributed by atoms with Gasteiger partial charge in [-0.25, -0.2) is 4.31 Å². The molecule has 0 unspecified atom stereocenters. The highest BCUT2D eigenvalue weighted by atomic mass is 32.2. The summed E-state index contributed by atoms with van der Waals surface area (Å²) < 4.78 is 2.47. The van der Waals surface area contributed by atoms with Crippen molar-refractivity contribution in [1.29, 1.82) is 0 Å². The summed E-state index contributed by atoms with van der Waals surface area (Å²) in [4.78, 5) is 6.51. The smallest absolute Gasteiger partial charge is 0.0347 e. The molecule has 3 aromatic rings. The zero-order valence-corrected chi connectivity index (χ0v) is 20.0. The average molecular weight is 446 g/mol. The van der Waals surface area contributed by atoms with E-state index in [-0.39, 0.29) is 0 Å². The molecular weight excluding hydrogens is 410 g/mol. The molecule has 4 rings (SSSR count). The van der Waals surface area contributed by atoms with E-state index in [0.717, 1.165) is 19.6 Å². The lowest BCUT2D eigenvalue weighted by Gasteiger charge is -2.34. The molecule has 1 heterocycles. The molecule has 0 saturated carbocycles. The zero-order valence-electron chi connectivity index (χ0n) is 19.2. The number of piperazine rings is 1. The van der Waals surface area contributed by atoms with Crippen molar-refractivity contribution in [3.05, 3.63) is 102 Å². The molecule has 1 fully saturated rings. The van der Waals surface area contributed by atoms with E-state index in [1.807, 2.05) is 11.9 Å². The molecule has 0 aromatic heterocycles. The summed E-state index contributed by atoms with van der Waals surface area (Å²) in [6.07, 6.45) is 1.25. The van der Waals surface area contributed by atoms with Crippen molar-refractivity contribution in [2.45, 2.75) is 37.9 Å². The molecule has 0 atom stereocenters. The van der Waals surface area contributed by atoms with Gasteiger partial charge in [-0.3, -0.25) is 4.90 Å². The van der Waals surface area contributed by atoms with Crippen LogP contribution < -0.4 is 0 Å². The predicted molar refractivity (Wildman–Crippen MR) is 136 cm³/mol. The zero-order chi connectivity index (χ0) is 22.0. The van der Waals surface area contributed by atoms with Crippen LogP contribution in [0.2, 0.25) is 0 Å². The summed E-state index contributed by atoms with van der Waals surface area (Å²) in [5.74, 6) is 0. The van der Waals surface area contributed by atoms with Crippen LogP contribution in [0.5, 0.6) is 0 Å². The van der Waals surface area contributed by atoms with E-state index in [4.69, 9.17) is 0 Å². The Labute approximate surface area is 198 Å². The monoisotopic (exact) mass is 445 g/mol. The fourth-order valence-corrected chi connectivity index (χ4v) is 5.36. The van der Waals surface area contributed by atoms with Crippen molar-refractivity contribution >= 4 is 11.9 Å². The minimum Gasteiger partial charge on any atom is -0.301 e. The number of hydrogen-bond acceptors (Lipinski definition) is 4. The second-order valence-electron chi connectivity index (χ2n) is 8.63. The Morgan fingerprint density at radius 3 is 1.84 bits per heavy atom. The van der Waals surface area contributed by atoms with Gasteiger partial charge in [0.25, 0.3) is 0 Å². The van der Waals surface area contributed by atoms with E-state index in [1.54, 1.807) is 0 Å². The fraction of sp³-hybridized carbons (Fsp3) is 0.357. The van der Waals surface area contributed by atoms with Gasteiger partial charge in [0.05, 0.1) is 0 Å². The molecule has 32 heavy (non-hydrogen) atoms. The third kappa shape index (κ3) is 7.21. The molecule has 0 amide bonds.